The van der Waals surface area contributed by atoms with Crippen molar-refractivity contribution in [3.63, 3.8) is 0 Å². The highest BCUT2D eigenvalue weighted by Gasteiger charge is 2.37. The monoisotopic (exact) mass is 389 g/mol. The van der Waals surface area contributed by atoms with Crippen molar-refractivity contribution in [1.29, 1.82) is 0 Å². The number of aromatic nitrogens is 1. The predicted molar refractivity (Wildman–Crippen MR) is 114 cm³/mol. The van der Waals surface area contributed by atoms with Crippen LogP contribution in [0, 0.1) is 13.8 Å². The normalized spacial score (nSPS) is 16.0. The Labute approximate surface area is 171 Å². The van der Waals surface area contributed by atoms with Gasteiger partial charge >= 0.3 is 0 Å². The van der Waals surface area contributed by atoms with Crippen LogP contribution in [-0.4, -0.2) is 48.0 Å². The van der Waals surface area contributed by atoms with Crippen molar-refractivity contribution in [2.75, 3.05) is 27.2 Å². The standard InChI is InChI=1S/C24H27N3O2/c1-16-22(17(2)29-25-16)19-11-12-20-21(15-19)23(18-9-6-5-7-10-18)27(24(20)28)14-8-13-26(3)4/h5-7,9-12,15,23H,8,13-14H2,1-4H3. The van der Waals surface area contributed by atoms with Gasteiger partial charge in [-0.3, -0.25) is 4.79 Å². The Morgan fingerprint density at radius 3 is 2.52 bits per heavy atom. The molecule has 1 aliphatic heterocycles. The Balaban J connectivity index is 1.77. The molecule has 5 heteroatoms. The highest BCUT2D eigenvalue weighted by molar-refractivity contribution is 6.00. The Morgan fingerprint density at radius 1 is 1.10 bits per heavy atom. The van der Waals surface area contributed by atoms with Crippen molar-refractivity contribution in [3.8, 4) is 11.1 Å². The second-order valence-electron chi connectivity index (χ2n) is 7.97. The average molecular weight is 389 g/mol. The molecule has 4 rings (SSSR count). The molecule has 3 aromatic rings. The van der Waals surface area contributed by atoms with Gasteiger partial charge in [-0.25, -0.2) is 0 Å². The molecular weight excluding hydrogens is 362 g/mol. The Morgan fingerprint density at radius 2 is 1.86 bits per heavy atom. The molecule has 0 bridgehead atoms. The molecule has 1 aromatic heterocycles. The van der Waals surface area contributed by atoms with E-state index < -0.39 is 0 Å². The SMILES string of the molecule is Cc1noc(C)c1-c1ccc2c(c1)C(c1ccccc1)N(CCCN(C)C)C2=O. The third-order valence-electron chi connectivity index (χ3n) is 5.59. The highest BCUT2D eigenvalue weighted by atomic mass is 16.5. The predicted octanol–water partition coefficient (Wildman–Crippen LogP) is 4.46. The quantitative estimate of drug-likeness (QED) is 0.625. The smallest absolute Gasteiger partial charge is 0.255 e. The third kappa shape index (κ3) is 3.58. The van der Waals surface area contributed by atoms with Crippen LogP contribution >= 0.6 is 0 Å². The Kier molecular flexibility index (Phi) is 5.24. The zero-order valence-electron chi connectivity index (χ0n) is 17.5. The fraction of sp³-hybridized carbons (Fsp3) is 0.333. The van der Waals surface area contributed by atoms with E-state index in [2.05, 4.69) is 42.4 Å². The van der Waals surface area contributed by atoms with E-state index in [-0.39, 0.29) is 11.9 Å². The fourth-order valence-corrected chi connectivity index (χ4v) is 4.26. The number of carbonyl (C=O) groups excluding carboxylic acids is 1. The lowest BCUT2D eigenvalue weighted by Crippen LogP contribution is -2.31. The van der Waals surface area contributed by atoms with Crippen LogP contribution in [0.3, 0.4) is 0 Å². The van der Waals surface area contributed by atoms with Crippen molar-refractivity contribution < 1.29 is 9.32 Å². The maximum atomic E-state index is 13.3. The Hall–Kier alpha value is -2.92. The molecule has 1 aliphatic rings. The minimum absolute atomic E-state index is 0.0683. The number of aryl methyl sites for hydroxylation is 2. The number of benzene rings is 2. The summed E-state index contributed by atoms with van der Waals surface area (Å²) in [5.41, 5.74) is 5.91. The molecular formula is C24H27N3O2. The van der Waals surface area contributed by atoms with Crippen LogP contribution < -0.4 is 0 Å². The second kappa shape index (κ2) is 7.84. The molecule has 1 atom stereocenters. The molecule has 1 amide bonds. The average Bonchev–Trinajstić information content (AvgIpc) is 3.18. The van der Waals surface area contributed by atoms with Gasteiger partial charge in [0.2, 0.25) is 0 Å². The topological polar surface area (TPSA) is 49.6 Å². The molecule has 0 aliphatic carbocycles. The van der Waals surface area contributed by atoms with E-state index in [4.69, 9.17) is 4.52 Å². The van der Waals surface area contributed by atoms with E-state index >= 15 is 0 Å². The molecule has 0 spiro atoms. The molecule has 0 saturated carbocycles. The van der Waals surface area contributed by atoms with Gasteiger partial charge in [0.05, 0.1) is 11.7 Å². The lowest BCUT2D eigenvalue weighted by Gasteiger charge is -2.26. The first-order valence-corrected chi connectivity index (χ1v) is 10.0. The van der Waals surface area contributed by atoms with Gasteiger partial charge in [-0.05, 0) is 69.7 Å². The molecule has 0 fully saturated rings. The van der Waals surface area contributed by atoms with Gasteiger partial charge in [0, 0.05) is 17.7 Å². The van der Waals surface area contributed by atoms with Crippen LogP contribution in [-0.2, 0) is 0 Å². The number of nitrogens with zero attached hydrogens (tertiary/aromatic N) is 3. The molecule has 150 valence electrons. The van der Waals surface area contributed by atoms with E-state index in [0.29, 0.717) is 0 Å². The summed E-state index contributed by atoms with van der Waals surface area (Å²) < 4.78 is 5.37. The summed E-state index contributed by atoms with van der Waals surface area (Å²) in [5.74, 6) is 0.906. The number of rotatable bonds is 6. The summed E-state index contributed by atoms with van der Waals surface area (Å²) in [7, 11) is 4.12. The van der Waals surface area contributed by atoms with E-state index in [1.54, 1.807) is 0 Å². The number of hydrogen-bond acceptors (Lipinski definition) is 4. The molecule has 0 saturated heterocycles. The molecule has 5 nitrogen and oxygen atoms in total. The number of hydrogen-bond donors (Lipinski definition) is 0. The summed E-state index contributed by atoms with van der Waals surface area (Å²) in [6, 6.07) is 16.3. The minimum atomic E-state index is -0.0683. The van der Waals surface area contributed by atoms with Crippen LogP contribution in [0.2, 0.25) is 0 Å². The summed E-state index contributed by atoms with van der Waals surface area (Å²) in [6.45, 7) is 5.56. The zero-order chi connectivity index (χ0) is 20.5. The molecule has 0 radical (unpaired) electrons. The molecule has 29 heavy (non-hydrogen) atoms. The van der Waals surface area contributed by atoms with Gasteiger partial charge in [0.15, 0.2) is 0 Å². The molecule has 1 unspecified atom stereocenters. The fourth-order valence-electron chi connectivity index (χ4n) is 4.26. The van der Waals surface area contributed by atoms with E-state index in [9.17, 15) is 4.79 Å². The van der Waals surface area contributed by atoms with Gasteiger partial charge in [-0.1, -0.05) is 41.6 Å². The molecule has 2 aromatic carbocycles. The largest absolute Gasteiger partial charge is 0.361 e. The van der Waals surface area contributed by atoms with Crippen LogP contribution in [0.25, 0.3) is 11.1 Å². The first-order chi connectivity index (χ1) is 14.0. The van der Waals surface area contributed by atoms with Gasteiger partial charge in [-0.2, -0.15) is 0 Å². The van der Waals surface area contributed by atoms with E-state index in [0.717, 1.165) is 58.8 Å². The number of amides is 1. The van der Waals surface area contributed by atoms with Crippen LogP contribution in [0.5, 0.6) is 0 Å². The number of carbonyl (C=O) groups is 1. The summed E-state index contributed by atoms with van der Waals surface area (Å²) in [5, 5.41) is 4.09. The van der Waals surface area contributed by atoms with Crippen LogP contribution in [0.4, 0.5) is 0 Å². The van der Waals surface area contributed by atoms with E-state index in [1.807, 2.05) is 49.1 Å². The molecule has 0 N–H and O–H groups in total. The molecule has 2 heterocycles. The first kappa shape index (κ1) is 19.4. The first-order valence-electron chi connectivity index (χ1n) is 10.0. The lowest BCUT2D eigenvalue weighted by atomic mass is 9.93. The van der Waals surface area contributed by atoms with Gasteiger partial charge in [0.1, 0.15) is 5.76 Å². The summed E-state index contributed by atoms with van der Waals surface area (Å²) >= 11 is 0. The number of fused-ring (bicyclic) bond motifs is 1. The van der Waals surface area contributed by atoms with Gasteiger partial charge in [0.25, 0.3) is 5.91 Å². The summed E-state index contributed by atoms with van der Waals surface area (Å²) in [6.07, 6.45) is 0.937. The van der Waals surface area contributed by atoms with Crippen molar-refractivity contribution in [2.24, 2.45) is 0 Å². The highest BCUT2D eigenvalue weighted by Crippen LogP contribution is 2.41. The maximum Gasteiger partial charge on any atom is 0.255 e. The van der Waals surface area contributed by atoms with Crippen LogP contribution in [0.1, 0.15) is 45.4 Å². The lowest BCUT2D eigenvalue weighted by molar-refractivity contribution is 0.0744. The van der Waals surface area contributed by atoms with Gasteiger partial charge < -0.3 is 14.3 Å². The summed E-state index contributed by atoms with van der Waals surface area (Å²) in [4.78, 5) is 17.4. The van der Waals surface area contributed by atoms with Crippen molar-refractivity contribution in [1.82, 2.24) is 15.0 Å². The van der Waals surface area contributed by atoms with Gasteiger partial charge in [-0.15, -0.1) is 0 Å². The maximum absolute atomic E-state index is 13.3. The second-order valence-corrected chi connectivity index (χ2v) is 7.97. The Bertz CT molecular complexity index is 1000. The zero-order valence-corrected chi connectivity index (χ0v) is 17.5. The van der Waals surface area contributed by atoms with Crippen molar-refractivity contribution in [2.45, 2.75) is 26.3 Å². The minimum Gasteiger partial charge on any atom is -0.361 e. The van der Waals surface area contributed by atoms with E-state index in [1.165, 1.54) is 0 Å². The van der Waals surface area contributed by atoms with Crippen molar-refractivity contribution >= 4 is 5.91 Å². The van der Waals surface area contributed by atoms with Crippen LogP contribution in [0.15, 0.2) is 53.1 Å². The van der Waals surface area contributed by atoms with Crippen molar-refractivity contribution in [3.05, 3.63) is 76.7 Å². The third-order valence-corrected chi connectivity index (χ3v) is 5.59.